The smallest absolute Gasteiger partial charge is 0.249 e. The first-order valence-electron chi connectivity index (χ1n) is 11.6. The SMILES string of the molecule is CN1CCC(CC(=O)n2ncc3c(-c4cccc(CO)c4)nc(N4CCOCC4)nc32)CC1. The van der Waals surface area contributed by atoms with Gasteiger partial charge in [0, 0.05) is 25.1 Å². The van der Waals surface area contributed by atoms with Crippen molar-refractivity contribution in [2.45, 2.75) is 25.9 Å². The first-order valence-corrected chi connectivity index (χ1v) is 11.6. The van der Waals surface area contributed by atoms with E-state index in [0.717, 1.165) is 48.1 Å². The predicted molar refractivity (Wildman–Crippen MR) is 125 cm³/mol. The van der Waals surface area contributed by atoms with Crippen molar-refractivity contribution in [1.82, 2.24) is 24.6 Å². The second-order valence-corrected chi connectivity index (χ2v) is 8.97. The van der Waals surface area contributed by atoms with Crippen LogP contribution in [0.25, 0.3) is 22.3 Å². The Morgan fingerprint density at radius 3 is 2.70 bits per heavy atom. The van der Waals surface area contributed by atoms with Gasteiger partial charge in [0.25, 0.3) is 0 Å². The summed E-state index contributed by atoms with van der Waals surface area (Å²) in [5.41, 5.74) is 2.92. The summed E-state index contributed by atoms with van der Waals surface area (Å²) in [6, 6.07) is 7.66. The van der Waals surface area contributed by atoms with Crippen LogP contribution in [0.1, 0.15) is 29.6 Å². The monoisotopic (exact) mass is 450 g/mol. The van der Waals surface area contributed by atoms with Crippen LogP contribution >= 0.6 is 0 Å². The van der Waals surface area contributed by atoms with Gasteiger partial charge in [0.2, 0.25) is 11.9 Å². The third-order valence-electron chi connectivity index (χ3n) is 6.63. The number of benzene rings is 1. The molecule has 9 nitrogen and oxygen atoms in total. The maximum Gasteiger partial charge on any atom is 0.249 e. The van der Waals surface area contributed by atoms with Crippen LogP contribution < -0.4 is 4.90 Å². The van der Waals surface area contributed by atoms with Crippen molar-refractivity contribution in [3.8, 4) is 11.3 Å². The number of ether oxygens (including phenoxy) is 1. The maximum atomic E-state index is 13.3. The standard InChI is InChI=1S/C24H30N6O3/c1-28-7-5-17(6-8-28)14-21(32)30-23-20(15-25-30)22(19-4-2-3-18(13-19)16-31)26-24(27-23)29-9-11-33-12-10-29/h2-4,13,15,17,31H,5-12,14,16H2,1H3. The van der Waals surface area contributed by atoms with Crippen LogP contribution in [-0.4, -0.2) is 82.1 Å². The van der Waals surface area contributed by atoms with E-state index in [1.165, 1.54) is 4.68 Å². The number of morpholine rings is 1. The van der Waals surface area contributed by atoms with E-state index in [4.69, 9.17) is 14.7 Å². The molecule has 1 aromatic carbocycles. The zero-order chi connectivity index (χ0) is 22.8. The number of likely N-dealkylation sites (tertiary alicyclic amines) is 1. The number of piperidine rings is 1. The van der Waals surface area contributed by atoms with Gasteiger partial charge in [-0.1, -0.05) is 18.2 Å². The number of fused-ring (bicyclic) bond motifs is 1. The van der Waals surface area contributed by atoms with Crippen LogP contribution in [0, 0.1) is 5.92 Å². The summed E-state index contributed by atoms with van der Waals surface area (Å²) in [5.74, 6) is 0.916. The molecule has 2 aliphatic heterocycles. The van der Waals surface area contributed by atoms with Crippen LogP contribution in [0.15, 0.2) is 30.5 Å². The second-order valence-electron chi connectivity index (χ2n) is 8.97. The Labute approximate surface area is 193 Å². The van der Waals surface area contributed by atoms with E-state index in [1.54, 1.807) is 6.20 Å². The normalized spacial score (nSPS) is 18.2. The third-order valence-corrected chi connectivity index (χ3v) is 6.63. The summed E-state index contributed by atoms with van der Waals surface area (Å²) in [6.07, 6.45) is 4.20. The number of hydrogen-bond acceptors (Lipinski definition) is 8. The molecule has 0 amide bonds. The van der Waals surface area contributed by atoms with Gasteiger partial charge in [-0.05, 0) is 50.5 Å². The summed E-state index contributed by atoms with van der Waals surface area (Å²) in [6.45, 7) is 4.61. The van der Waals surface area contributed by atoms with Gasteiger partial charge in [-0.15, -0.1) is 0 Å². The minimum Gasteiger partial charge on any atom is -0.392 e. The number of rotatable bonds is 5. The molecule has 174 valence electrons. The van der Waals surface area contributed by atoms with Crippen LogP contribution in [0.4, 0.5) is 5.95 Å². The summed E-state index contributed by atoms with van der Waals surface area (Å²) in [7, 11) is 2.12. The van der Waals surface area contributed by atoms with Crippen molar-refractivity contribution in [2.75, 3.05) is 51.3 Å². The van der Waals surface area contributed by atoms with Crippen LogP contribution in [-0.2, 0) is 11.3 Å². The molecule has 1 N–H and O–H groups in total. The first-order chi connectivity index (χ1) is 16.1. The molecule has 0 bridgehead atoms. The molecule has 33 heavy (non-hydrogen) atoms. The second kappa shape index (κ2) is 9.54. The minimum absolute atomic E-state index is 0.0266. The molecule has 0 unspecified atom stereocenters. The van der Waals surface area contributed by atoms with Crippen molar-refractivity contribution in [3.05, 3.63) is 36.0 Å². The number of aliphatic hydroxyl groups excluding tert-OH is 1. The number of hydrogen-bond donors (Lipinski definition) is 1. The third kappa shape index (κ3) is 4.62. The molecule has 2 saturated heterocycles. The first kappa shape index (κ1) is 21.9. The lowest BCUT2D eigenvalue weighted by Gasteiger charge is -2.28. The van der Waals surface area contributed by atoms with Crippen LogP contribution in [0.2, 0.25) is 0 Å². The Morgan fingerprint density at radius 1 is 1.15 bits per heavy atom. The Bertz CT molecular complexity index is 1130. The fourth-order valence-corrected chi connectivity index (χ4v) is 4.62. The number of carbonyl (C=O) groups is 1. The van der Waals surface area contributed by atoms with E-state index in [0.29, 0.717) is 50.2 Å². The number of carbonyl (C=O) groups excluding carboxylic acids is 1. The highest BCUT2D eigenvalue weighted by molar-refractivity contribution is 5.96. The van der Waals surface area contributed by atoms with E-state index in [2.05, 4.69) is 21.9 Å². The summed E-state index contributed by atoms with van der Waals surface area (Å²) in [5, 5.41) is 14.8. The number of aliphatic hydroxyl groups is 1. The quantitative estimate of drug-likeness (QED) is 0.632. The van der Waals surface area contributed by atoms with E-state index in [-0.39, 0.29) is 12.5 Å². The molecule has 4 heterocycles. The van der Waals surface area contributed by atoms with Crippen molar-refractivity contribution in [3.63, 3.8) is 0 Å². The Hall–Kier alpha value is -2.88. The van der Waals surface area contributed by atoms with Gasteiger partial charge < -0.3 is 19.6 Å². The topological polar surface area (TPSA) is 96.6 Å². The molecule has 0 saturated carbocycles. The average Bonchev–Trinajstić information content (AvgIpc) is 3.30. The van der Waals surface area contributed by atoms with Gasteiger partial charge in [0.15, 0.2) is 5.65 Å². The minimum atomic E-state index is -0.0489. The van der Waals surface area contributed by atoms with E-state index >= 15 is 0 Å². The van der Waals surface area contributed by atoms with Gasteiger partial charge >= 0.3 is 0 Å². The summed E-state index contributed by atoms with van der Waals surface area (Å²) in [4.78, 5) is 27.3. The van der Waals surface area contributed by atoms with Crippen molar-refractivity contribution < 1.29 is 14.6 Å². The van der Waals surface area contributed by atoms with Gasteiger partial charge in [0.1, 0.15) is 0 Å². The Kier molecular flexibility index (Phi) is 6.34. The molecule has 2 aromatic heterocycles. The highest BCUT2D eigenvalue weighted by Crippen LogP contribution is 2.30. The van der Waals surface area contributed by atoms with E-state index in [1.807, 2.05) is 24.3 Å². The average molecular weight is 451 g/mol. The van der Waals surface area contributed by atoms with Crippen LogP contribution in [0.5, 0.6) is 0 Å². The zero-order valence-corrected chi connectivity index (χ0v) is 19.0. The highest BCUT2D eigenvalue weighted by atomic mass is 16.5. The van der Waals surface area contributed by atoms with Gasteiger partial charge in [-0.3, -0.25) is 4.79 Å². The molecule has 2 fully saturated rings. The summed E-state index contributed by atoms with van der Waals surface area (Å²) < 4.78 is 6.95. The number of aromatic nitrogens is 4. The molecule has 2 aliphatic rings. The lowest BCUT2D eigenvalue weighted by molar-refractivity contribution is 0.0843. The number of nitrogens with zero attached hydrogens (tertiary/aromatic N) is 6. The van der Waals surface area contributed by atoms with Gasteiger partial charge in [-0.2, -0.15) is 14.8 Å². The lowest BCUT2D eigenvalue weighted by Crippen LogP contribution is -2.37. The van der Waals surface area contributed by atoms with Gasteiger partial charge in [-0.25, -0.2) is 4.98 Å². The Balaban J connectivity index is 1.55. The lowest BCUT2D eigenvalue weighted by atomic mass is 9.93. The molecule has 9 heteroatoms. The highest BCUT2D eigenvalue weighted by Gasteiger charge is 2.25. The number of anilines is 1. The fraction of sp³-hybridized carbons (Fsp3) is 0.500. The Morgan fingerprint density at radius 2 is 1.94 bits per heavy atom. The van der Waals surface area contributed by atoms with Crippen molar-refractivity contribution in [2.24, 2.45) is 5.92 Å². The predicted octanol–water partition coefficient (Wildman–Crippen LogP) is 2.19. The zero-order valence-electron chi connectivity index (χ0n) is 19.0. The van der Waals surface area contributed by atoms with Gasteiger partial charge in [0.05, 0.1) is 37.1 Å². The largest absolute Gasteiger partial charge is 0.392 e. The molecule has 3 aromatic rings. The maximum absolute atomic E-state index is 13.3. The summed E-state index contributed by atoms with van der Waals surface area (Å²) >= 11 is 0. The molecule has 0 atom stereocenters. The van der Waals surface area contributed by atoms with E-state index in [9.17, 15) is 9.90 Å². The fourth-order valence-electron chi connectivity index (χ4n) is 4.62. The van der Waals surface area contributed by atoms with Crippen molar-refractivity contribution in [1.29, 1.82) is 0 Å². The molecule has 5 rings (SSSR count). The van der Waals surface area contributed by atoms with E-state index < -0.39 is 0 Å². The molecule has 0 aliphatic carbocycles. The molecular formula is C24H30N6O3. The molecular weight excluding hydrogens is 420 g/mol. The van der Waals surface area contributed by atoms with Crippen LogP contribution in [0.3, 0.4) is 0 Å². The molecule has 0 spiro atoms. The van der Waals surface area contributed by atoms with Crippen molar-refractivity contribution >= 4 is 22.9 Å². The molecule has 0 radical (unpaired) electrons.